The van der Waals surface area contributed by atoms with Crippen molar-refractivity contribution in [3.8, 4) is 11.5 Å². The third-order valence-corrected chi connectivity index (χ3v) is 3.82. The van der Waals surface area contributed by atoms with Crippen LogP contribution in [0, 0.1) is 0 Å². The first-order chi connectivity index (χ1) is 11.3. The molecule has 3 aromatic rings. The van der Waals surface area contributed by atoms with Gasteiger partial charge in [-0.05, 0) is 35.0 Å². The van der Waals surface area contributed by atoms with Gasteiger partial charge in [0.15, 0.2) is 11.5 Å². The Hall–Kier alpha value is -3.01. The Labute approximate surface area is 133 Å². The minimum atomic E-state index is -0.656. The summed E-state index contributed by atoms with van der Waals surface area (Å²) in [5, 5.41) is 5.11. The number of para-hydroxylation sites is 2. The molecule has 0 unspecified atom stereocenters. The molecule has 0 saturated heterocycles. The Morgan fingerprint density at radius 2 is 1.65 bits per heavy atom. The molecule has 23 heavy (non-hydrogen) atoms. The van der Waals surface area contributed by atoms with Crippen molar-refractivity contribution in [2.24, 2.45) is 0 Å². The molecule has 1 atom stereocenters. The summed E-state index contributed by atoms with van der Waals surface area (Å²) in [6, 6.07) is 21.2. The Balaban J connectivity index is 1.51. The lowest BCUT2D eigenvalue weighted by Gasteiger charge is -2.25. The maximum atomic E-state index is 12.4. The Kier molecular flexibility index (Phi) is 3.35. The summed E-state index contributed by atoms with van der Waals surface area (Å²) in [6.45, 7) is 0.205. The van der Waals surface area contributed by atoms with Crippen molar-refractivity contribution in [2.75, 3.05) is 11.9 Å². The van der Waals surface area contributed by atoms with E-state index in [1.165, 1.54) is 0 Å². The number of amides is 1. The molecule has 1 aliphatic rings. The summed E-state index contributed by atoms with van der Waals surface area (Å²) in [5.74, 6) is 1.05. The number of nitrogens with one attached hydrogen (secondary N) is 1. The van der Waals surface area contributed by atoms with E-state index in [9.17, 15) is 4.79 Å². The fourth-order valence-corrected chi connectivity index (χ4v) is 2.64. The normalized spacial score (nSPS) is 16.1. The van der Waals surface area contributed by atoms with Crippen LogP contribution in [-0.2, 0) is 4.79 Å². The van der Waals surface area contributed by atoms with Crippen LogP contribution in [0.2, 0.25) is 0 Å². The van der Waals surface area contributed by atoms with E-state index in [0.29, 0.717) is 11.5 Å². The second kappa shape index (κ2) is 5.65. The van der Waals surface area contributed by atoms with E-state index in [1.807, 2.05) is 60.7 Å². The number of ether oxygens (including phenoxy) is 2. The Morgan fingerprint density at radius 3 is 2.52 bits per heavy atom. The second-order valence-electron chi connectivity index (χ2n) is 5.42. The van der Waals surface area contributed by atoms with Gasteiger partial charge < -0.3 is 14.8 Å². The summed E-state index contributed by atoms with van der Waals surface area (Å²) < 4.78 is 11.3. The van der Waals surface area contributed by atoms with Gasteiger partial charge in [-0.15, -0.1) is 0 Å². The monoisotopic (exact) mass is 305 g/mol. The van der Waals surface area contributed by atoms with Gasteiger partial charge in [-0.3, -0.25) is 4.79 Å². The fourth-order valence-electron chi connectivity index (χ4n) is 2.64. The highest BCUT2D eigenvalue weighted by Crippen LogP contribution is 2.31. The van der Waals surface area contributed by atoms with Gasteiger partial charge in [0.1, 0.15) is 6.61 Å². The first-order valence-corrected chi connectivity index (χ1v) is 7.48. The minimum Gasteiger partial charge on any atom is -0.485 e. The van der Waals surface area contributed by atoms with Gasteiger partial charge in [0, 0.05) is 5.69 Å². The molecule has 4 heteroatoms. The molecular weight excluding hydrogens is 290 g/mol. The molecule has 114 valence electrons. The van der Waals surface area contributed by atoms with Gasteiger partial charge in [0.25, 0.3) is 5.91 Å². The number of anilines is 1. The summed E-state index contributed by atoms with van der Waals surface area (Å²) in [7, 11) is 0. The van der Waals surface area contributed by atoms with Gasteiger partial charge in [-0.1, -0.05) is 42.5 Å². The van der Waals surface area contributed by atoms with Crippen LogP contribution < -0.4 is 14.8 Å². The molecule has 0 spiro atoms. The molecule has 1 N–H and O–H groups in total. The van der Waals surface area contributed by atoms with Crippen LogP contribution in [0.3, 0.4) is 0 Å². The third-order valence-electron chi connectivity index (χ3n) is 3.82. The standard InChI is InChI=1S/C19H15NO3/c21-19(18-12-22-16-7-3-4-8-17(16)23-18)20-15-10-9-13-5-1-2-6-14(13)11-15/h1-11,18H,12H2,(H,20,21)/t18-/m0/s1. The highest BCUT2D eigenvalue weighted by atomic mass is 16.6. The lowest BCUT2D eigenvalue weighted by Crippen LogP contribution is -2.40. The molecular formula is C19H15NO3. The summed E-state index contributed by atoms with van der Waals surface area (Å²) in [4.78, 5) is 12.4. The molecule has 0 bridgehead atoms. The van der Waals surface area contributed by atoms with Crippen LogP contribution in [0.5, 0.6) is 11.5 Å². The number of hydrogen-bond donors (Lipinski definition) is 1. The maximum absolute atomic E-state index is 12.4. The van der Waals surface area contributed by atoms with E-state index in [4.69, 9.17) is 9.47 Å². The zero-order valence-electron chi connectivity index (χ0n) is 12.4. The molecule has 0 aliphatic carbocycles. The van der Waals surface area contributed by atoms with E-state index < -0.39 is 6.10 Å². The van der Waals surface area contributed by atoms with Gasteiger partial charge in [0.05, 0.1) is 0 Å². The molecule has 1 heterocycles. The smallest absolute Gasteiger partial charge is 0.269 e. The van der Waals surface area contributed by atoms with Gasteiger partial charge in [-0.25, -0.2) is 0 Å². The predicted molar refractivity (Wildman–Crippen MR) is 88.9 cm³/mol. The minimum absolute atomic E-state index is 0.205. The molecule has 4 nitrogen and oxygen atoms in total. The zero-order valence-corrected chi connectivity index (χ0v) is 12.4. The average molecular weight is 305 g/mol. The molecule has 3 aromatic carbocycles. The van der Waals surface area contributed by atoms with Crippen LogP contribution in [0.15, 0.2) is 66.7 Å². The number of benzene rings is 3. The van der Waals surface area contributed by atoms with E-state index in [-0.39, 0.29) is 12.5 Å². The number of hydrogen-bond acceptors (Lipinski definition) is 3. The maximum Gasteiger partial charge on any atom is 0.269 e. The molecule has 0 fully saturated rings. The first kappa shape index (κ1) is 13.6. The molecule has 0 saturated carbocycles. The first-order valence-electron chi connectivity index (χ1n) is 7.48. The van der Waals surface area contributed by atoms with Crippen LogP contribution in [0.25, 0.3) is 10.8 Å². The topological polar surface area (TPSA) is 47.6 Å². The second-order valence-corrected chi connectivity index (χ2v) is 5.42. The Bertz CT molecular complexity index is 875. The number of carbonyl (C=O) groups excluding carboxylic acids is 1. The quantitative estimate of drug-likeness (QED) is 0.786. The molecule has 1 aliphatic heterocycles. The largest absolute Gasteiger partial charge is 0.485 e. The zero-order chi connectivity index (χ0) is 15.6. The van der Waals surface area contributed by atoms with E-state index in [0.717, 1.165) is 16.5 Å². The van der Waals surface area contributed by atoms with E-state index >= 15 is 0 Å². The van der Waals surface area contributed by atoms with Crippen molar-refractivity contribution >= 4 is 22.4 Å². The van der Waals surface area contributed by atoms with Crippen molar-refractivity contribution < 1.29 is 14.3 Å². The Morgan fingerprint density at radius 1 is 0.913 bits per heavy atom. The summed E-state index contributed by atoms with van der Waals surface area (Å²) in [5.41, 5.74) is 0.746. The van der Waals surface area contributed by atoms with Gasteiger partial charge in [-0.2, -0.15) is 0 Å². The molecule has 1 amide bonds. The van der Waals surface area contributed by atoms with E-state index in [2.05, 4.69) is 5.32 Å². The fraction of sp³-hybridized carbons (Fsp3) is 0.105. The summed E-state index contributed by atoms with van der Waals surface area (Å²) >= 11 is 0. The number of fused-ring (bicyclic) bond motifs is 2. The van der Waals surface area contributed by atoms with Crippen molar-refractivity contribution in [2.45, 2.75) is 6.10 Å². The number of carbonyl (C=O) groups is 1. The van der Waals surface area contributed by atoms with Crippen LogP contribution in [0.4, 0.5) is 5.69 Å². The lowest BCUT2D eigenvalue weighted by atomic mass is 10.1. The van der Waals surface area contributed by atoms with Crippen LogP contribution >= 0.6 is 0 Å². The SMILES string of the molecule is O=C(Nc1ccc2ccccc2c1)[C@@H]1COc2ccccc2O1. The highest BCUT2D eigenvalue weighted by Gasteiger charge is 2.27. The predicted octanol–water partition coefficient (Wildman–Crippen LogP) is 3.62. The average Bonchev–Trinajstić information content (AvgIpc) is 2.61. The van der Waals surface area contributed by atoms with Gasteiger partial charge in [0.2, 0.25) is 6.10 Å². The summed E-state index contributed by atoms with van der Waals surface area (Å²) in [6.07, 6.45) is -0.656. The van der Waals surface area contributed by atoms with E-state index in [1.54, 1.807) is 6.07 Å². The van der Waals surface area contributed by atoms with Crippen molar-refractivity contribution in [1.82, 2.24) is 0 Å². The molecule has 4 rings (SSSR count). The van der Waals surface area contributed by atoms with Crippen molar-refractivity contribution in [3.63, 3.8) is 0 Å². The van der Waals surface area contributed by atoms with Gasteiger partial charge >= 0.3 is 0 Å². The van der Waals surface area contributed by atoms with Crippen molar-refractivity contribution in [1.29, 1.82) is 0 Å². The molecule has 0 radical (unpaired) electrons. The highest BCUT2D eigenvalue weighted by molar-refractivity contribution is 5.97. The third kappa shape index (κ3) is 2.71. The number of rotatable bonds is 2. The van der Waals surface area contributed by atoms with Crippen LogP contribution in [0.1, 0.15) is 0 Å². The molecule has 0 aromatic heterocycles. The van der Waals surface area contributed by atoms with Crippen molar-refractivity contribution in [3.05, 3.63) is 66.7 Å². The lowest BCUT2D eigenvalue weighted by molar-refractivity contribution is -0.125. The van der Waals surface area contributed by atoms with Crippen LogP contribution in [-0.4, -0.2) is 18.6 Å².